The first-order valence-corrected chi connectivity index (χ1v) is 5.35. The number of aromatic hydroxyl groups is 1. The van der Waals surface area contributed by atoms with Crippen molar-refractivity contribution in [1.82, 2.24) is 14.3 Å². The third-order valence-electron chi connectivity index (χ3n) is 2.51. The number of rotatable bonds is 2. The molecular weight excluding hydrogens is 218 g/mol. The number of pyridine rings is 1. The molecule has 0 atom stereocenters. The molecule has 0 unspecified atom stereocenters. The van der Waals surface area contributed by atoms with Crippen molar-refractivity contribution in [2.75, 3.05) is 14.1 Å². The summed E-state index contributed by atoms with van der Waals surface area (Å²) >= 11 is 0. The Hall–Kier alpha value is -1.88. The molecule has 0 amide bonds. The second-order valence-electron chi connectivity index (χ2n) is 4.34. The van der Waals surface area contributed by atoms with E-state index < -0.39 is 0 Å². The van der Waals surface area contributed by atoms with Gasteiger partial charge in [0, 0.05) is 18.3 Å². The molecule has 0 aromatic carbocycles. The minimum absolute atomic E-state index is 0.0216. The van der Waals surface area contributed by atoms with E-state index in [2.05, 4.69) is 4.98 Å². The Morgan fingerprint density at radius 3 is 2.76 bits per heavy atom. The van der Waals surface area contributed by atoms with Crippen LogP contribution in [0.2, 0.25) is 0 Å². The van der Waals surface area contributed by atoms with Crippen molar-refractivity contribution >= 4 is 5.65 Å². The maximum Gasteiger partial charge on any atom is 0.258 e. The largest absolute Gasteiger partial charge is 0.504 e. The molecule has 0 fully saturated rings. The van der Waals surface area contributed by atoms with Crippen LogP contribution < -0.4 is 5.56 Å². The maximum atomic E-state index is 11.9. The smallest absolute Gasteiger partial charge is 0.258 e. The molecule has 0 aliphatic rings. The summed E-state index contributed by atoms with van der Waals surface area (Å²) < 4.78 is 1.41. The number of fused-ring (bicyclic) bond motifs is 1. The highest BCUT2D eigenvalue weighted by molar-refractivity contribution is 5.53. The Bertz CT molecular complexity index is 617. The highest BCUT2D eigenvalue weighted by Gasteiger charge is 2.08. The predicted molar refractivity (Wildman–Crippen MR) is 65.3 cm³/mol. The summed E-state index contributed by atoms with van der Waals surface area (Å²) in [5.41, 5.74) is 1.56. The fraction of sp³-hybridized carbons (Fsp3) is 0.333. The number of nitrogens with zero attached hydrogens (tertiary/aromatic N) is 3. The number of hydrogen-bond acceptors (Lipinski definition) is 4. The van der Waals surface area contributed by atoms with Crippen LogP contribution in [0.15, 0.2) is 23.0 Å². The van der Waals surface area contributed by atoms with Crippen molar-refractivity contribution in [3.63, 3.8) is 0 Å². The van der Waals surface area contributed by atoms with Gasteiger partial charge in [-0.2, -0.15) is 0 Å². The summed E-state index contributed by atoms with van der Waals surface area (Å²) in [6.45, 7) is 2.38. The van der Waals surface area contributed by atoms with Gasteiger partial charge in [0.05, 0.1) is 5.69 Å². The number of aryl methyl sites for hydroxylation is 1. The summed E-state index contributed by atoms with van der Waals surface area (Å²) in [7, 11) is 3.80. The molecule has 2 aromatic heterocycles. The Kier molecular flexibility index (Phi) is 2.85. The van der Waals surface area contributed by atoms with Gasteiger partial charge in [0.1, 0.15) is 0 Å². The lowest BCUT2D eigenvalue weighted by atomic mass is 10.3. The topological polar surface area (TPSA) is 57.8 Å². The zero-order chi connectivity index (χ0) is 12.6. The zero-order valence-corrected chi connectivity index (χ0v) is 10.1. The molecule has 0 aliphatic heterocycles. The van der Waals surface area contributed by atoms with Gasteiger partial charge in [-0.1, -0.05) is 0 Å². The summed E-state index contributed by atoms with van der Waals surface area (Å²) in [6.07, 6.45) is 0. The third-order valence-corrected chi connectivity index (χ3v) is 2.51. The van der Waals surface area contributed by atoms with E-state index in [0.29, 0.717) is 17.9 Å². The van der Waals surface area contributed by atoms with E-state index in [4.69, 9.17) is 0 Å². The van der Waals surface area contributed by atoms with Crippen molar-refractivity contribution in [2.45, 2.75) is 13.5 Å². The van der Waals surface area contributed by atoms with Crippen molar-refractivity contribution in [3.05, 3.63) is 39.9 Å². The van der Waals surface area contributed by atoms with Crippen LogP contribution in [0.5, 0.6) is 5.75 Å². The molecule has 0 saturated heterocycles. The van der Waals surface area contributed by atoms with Gasteiger partial charge in [0.2, 0.25) is 0 Å². The van der Waals surface area contributed by atoms with E-state index in [-0.39, 0.29) is 11.3 Å². The van der Waals surface area contributed by atoms with Crippen LogP contribution in [0, 0.1) is 6.92 Å². The first-order chi connectivity index (χ1) is 7.99. The van der Waals surface area contributed by atoms with Crippen LogP contribution in [0.3, 0.4) is 0 Å². The zero-order valence-electron chi connectivity index (χ0n) is 10.1. The third kappa shape index (κ3) is 2.14. The van der Waals surface area contributed by atoms with Crippen molar-refractivity contribution in [1.29, 1.82) is 0 Å². The number of hydrogen-bond donors (Lipinski definition) is 1. The summed E-state index contributed by atoms with van der Waals surface area (Å²) in [5, 5.41) is 9.74. The van der Waals surface area contributed by atoms with Crippen molar-refractivity contribution in [2.24, 2.45) is 0 Å². The van der Waals surface area contributed by atoms with Crippen LogP contribution >= 0.6 is 0 Å². The molecule has 0 spiro atoms. The fourth-order valence-electron chi connectivity index (χ4n) is 1.80. The minimum atomic E-state index is -0.166. The molecule has 5 heteroatoms. The highest BCUT2D eigenvalue weighted by atomic mass is 16.3. The van der Waals surface area contributed by atoms with Gasteiger partial charge in [0.25, 0.3) is 5.56 Å². The van der Waals surface area contributed by atoms with Crippen LogP contribution in [-0.2, 0) is 6.54 Å². The molecule has 17 heavy (non-hydrogen) atoms. The van der Waals surface area contributed by atoms with Crippen LogP contribution in [0.1, 0.15) is 11.4 Å². The van der Waals surface area contributed by atoms with Crippen LogP contribution in [0.25, 0.3) is 5.65 Å². The van der Waals surface area contributed by atoms with Gasteiger partial charge in [-0.25, -0.2) is 4.98 Å². The van der Waals surface area contributed by atoms with E-state index in [1.54, 1.807) is 19.1 Å². The summed E-state index contributed by atoms with van der Waals surface area (Å²) in [5.74, 6) is 0.0216. The predicted octanol–water partition coefficient (Wildman–Crippen LogP) is 0.770. The molecular formula is C12H15N3O2. The van der Waals surface area contributed by atoms with Gasteiger partial charge in [-0.15, -0.1) is 0 Å². The van der Waals surface area contributed by atoms with E-state index in [1.807, 2.05) is 19.0 Å². The molecule has 0 bridgehead atoms. The van der Waals surface area contributed by atoms with Gasteiger partial charge < -0.3 is 10.0 Å². The van der Waals surface area contributed by atoms with Crippen molar-refractivity contribution < 1.29 is 5.11 Å². The second-order valence-corrected chi connectivity index (χ2v) is 4.34. The average Bonchev–Trinajstić information content (AvgIpc) is 2.22. The Balaban J connectivity index is 2.73. The van der Waals surface area contributed by atoms with E-state index in [1.165, 1.54) is 10.5 Å². The minimum Gasteiger partial charge on any atom is -0.504 e. The second kappa shape index (κ2) is 4.18. The molecule has 0 saturated carbocycles. The molecule has 0 radical (unpaired) electrons. The molecule has 5 nitrogen and oxygen atoms in total. The standard InChI is InChI=1S/C12H15N3O2/c1-8-4-5-10(16)12-13-9(7-14(2)3)6-11(17)15(8)12/h4-6,16H,7H2,1-3H3. The lowest BCUT2D eigenvalue weighted by molar-refractivity contribution is 0.396. The maximum absolute atomic E-state index is 11.9. The Morgan fingerprint density at radius 2 is 2.12 bits per heavy atom. The highest BCUT2D eigenvalue weighted by Crippen LogP contribution is 2.16. The van der Waals surface area contributed by atoms with E-state index >= 15 is 0 Å². The van der Waals surface area contributed by atoms with E-state index in [9.17, 15) is 9.90 Å². The van der Waals surface area contributed by atoms with Crippen molar-refractivity contribution in [3.8, 4) is 5.75 Å². The molecule has 2 rings (SSSR count). The lowest BCUT2D eigenvalue weighted by Crippen LogP contribution is -2.20. The normalized spacial score (nSPS) is 11.3. The van der Waals surface area contributed by atoms with Gasteiger partial charge in [-0.3, -0.25) is 9.20 Å². The Morgan fingerprint density at radius 1 is 1.41 bits per heavy atom. The molecule has 0 aliphatic carbocycles. The molecule has 90 valence electrons. The fourth-order valence-corrected chi connectivity index (χ4v) is 1.80. The van der Waals surface area contributed by atoms with Gasteiger partial charge in [-0.05, 0) is 33.2 Å². The van der Waals surface area contributed by atoms with Gasteiger partial charge in [0.15, 0.2) is 11.4 Å². The molecule has 2 aromatic rings. The SMILES string of the molecule is Cc1ccc(O)c2nc(CN(C)C)cc(=O)n12. The molecule has 2 heterocycles. The molecule has 1 N–H and O–H groups in total. The lowest BCUT2D eigenvalue weighted by Gasteiger charge is -2.11. The quantitative estimate of drug-likeness (QED) is 0.832. The van der Waals surface area contributed by atoms with Gasteiger partial charge >= 0.3 is 0 Å². The van der Waals surface area contributed by atoms with E-state index in [0.717, 1.165) is 5.69 Å². The van der Waals surface area contributed by atoms with Crippen LogP contribution in [0.4, 0.5) is 0 Å². The first-order valence-electron chi connectivity index (χ1n) is 5.35. The summed E-state index contributed by atoms with van der Waals surface area (Å²) in [4.78, 5) is 18.2. The van der Waals surface area contributed by atoms with Crippen LogP contribution in [-0.4, -0.2) is 33.5 Å². The monoisotopic (exact) mass is 233 g/mol. The number of aromatic nitrogens is 2. The Labute approximate surface area is 99.0 Å². The summed E-state index contributed by atoms with van der Waals surface area (Å²) in [6, 6.07) is 4.74. The average molecular weight is 233 g/mol. The first kappa shape index (κ1) is 11.6.